The maximum atomic E-state index is 15.4. The molecule has 0 spiro atoms. The first-order valence-corrected chi connectivity index (χ1v) is 23.8. The van der Waals surface area contributed by atoms with Crippen LogP contribution in [-0.2, 0) is 28.7 Å². The summed E-state index contributed by atoms with van der Waals surface area (Å²) in [5.41, 5.74) is -4.89. The molecule has 0 aliphatic rings. The molecule has 0 bridgehead atoms. The van der Waals surface area contributed by atoms with Crippen molar-refractivity contribution in [3.05, 3.63) is 59.7 Å². The molecule has 10 nitrogen and oxygen atoms in total. The third-order valence-electron chi connectivity index (χ3n) is 16.3. The third kappa shape index (κ3) is 13.5. The van der Waals surface area contributed by atoms with Gasteiger partial charge in [-0.1, -0.05) is 162 Å². The zero-order chi connectivity index (χ0) is 51.2. The van der Waals surface area contributed by atoms with E-state index in [1.54, 1.807) is 42.5 Å². The Kier molecular flexibility index (Phi) is 18.8. The Balaban J connectivity index is 2.88. The minimum atomic E-state index is -0.969. The Morgan fingerprint density at radius 1 is 0.561 bits per heavy atom. The molecule has 0 fully saturated rings. The van der Waals surface area contributed by atoms with E-state index in [0.29, 0.717) is 37.2 Å². The van der Waals surface area contributed by atoms with Crippen LogP contribution in [0, 0.1) is 67.0 Å². The molecule has 2 rings (SSSR count). The molecule has 0 saturated carbocycles. The molecule has 0 saturated heterocycles. The number of rotatable bonds is 23. The Labute approximate surface area is 399 Å². The molecule has 4 atom stereocenters. The standard InChI is InChI=1S/C56H88O10/c1-22-30-65-47(61)41(32-49(2,3)4)55(16,17)51(8,9)33-39(45(58)59)54(14,15)53(12,13)35-42(56(18,19)52(10,11)34-40(46(60)64-21)50(5,6)7)48(62)66-43-31-37(63-20)28-29-38(43)44(57)36-26-24-23-25-27-36/h23-29,31,39-42H,22,30,32-35H2,1-21H3,(H,58,59). The smallest absolute Gasteiger partial charge is 0.314 e. The van der Waals surface area contributed by atoms with Crippen molar-refractivity contribution in [2.45, 2.75) is 164 Å². The zero-order valence-corrected chi connectivity index (χ0v) is 44.8. The van der Waals surface area contributed by atoms with Gasteiger partial charge in [-0.15, -0.1) is 0 Å². The molecule has 0 aromatic heterocycles. The quantitative estimate of drug-likeness (QED) is 0.0650. The summed E-state index contributed by atoms with van der Waals surface area (Å²) >= 11 is 0. The molecular weight excluding hydrogens is 833 g/mol. The molecule has 1 N–H and O–H groups in total. The van der Waals surface area contributed by atoms with Crippen LogP contribution >= 0.6 is 0 Å². The number of hydrogen-bond donors (Lipinski definition) is 1. The predicted molar refractivity (Wildman–Crippen MR) is 263 cm³/mol. The largest absolute Gasteiger partial charge is 0.497 e. The fourth-order valence-electron chi connectivity index (χ4n) is 9.28. The van der Waals surface area contributed by atoms with Gasteiger partial charge in [0, 0.05) is 11.6 Å². The van der Waals surface area contributed by atoms with Gasteiger partial charge in [0.2, 0.25) is 0 Å². The highest BCUT2D eigenvalue weighted by Gasteiger charge is 2.57. The molecule has 0 amide bonds. The van der Waals surface area contributed by atoms with E-state index >= 15 is 4.79 Å². The monoisotopic (exact) mass is 921 g/mol. The van der Waals surface area contributed by atoms with Gasteiger partial charge < -0.3 is 24.1 Å². The average molecular weight is 921 g/mol. The van der Waals surface area contributed by atoms with Crippen LogP contribution in [0.1, 0.15) is 180 Å². The highest BCUT2D eigenvalue weighted by Crippen LogP contribution is 2.60. The fourth-order valence-corrected chi connectivity index (χ4v) is 9.28. The van der Waals surface area contributed by atoms with Crippen LogP contribution in [0.5, 0.6) is 11.5 Å². The van der Waals surface area contributed by atoms with Crippen LogP contribution in [0.2, 0.25) is 0 Å². The Morgan fingerprint density at radius 3 is 1.44 bits per heavy atom. The van der Waals surface area contributed by atoms with Crippen LogP contribution in [-0.4, -0.2) is 55.6 Å². The van der Waals surface area contributed by atoms with E-state index in [4.69, 9.17) is 18.9 Å². The highest BCUT2D eigenvalue weighted by atomic mass is 16.5. The molecule has 10 heteroatoms. The third-order valence-corrected chi connectivity index (χ3v) is 16.3. The molecule has 2 aromatic carbocycles. The minimum Gasteiger partial charge on any atom is -0.497 e. The summed E-state index contributed by atoms with van der Waals surface area (Å²) < 4.78 is 23.1. The van der Waals surface area contributed by atoms with Crippen molar-refractivity contribution in [1.82, 2.24) is 0 Å². The lowest BCUT2D eigenvalue weighted by molar-refractivity contribution is -0.164. The summed E-state index contributed by atoms with van der Waals surface area (Å²) in [4.78, 5) is 70.4. The lowest BCUT2D eigenvalue weighted by Gasteiger charge is -2.54. The van der Waals surface area contributed by atoms with E-state index in [2.05, 4.69) is 48.5 Å². The molecule has 0 aliphatic heterocycles. The van der Waals surface area contributed by atoms with Crippen LogP contribution < -0.4 is 9.47 Å². The normalized spacial score (nSPS) is 15.2. The van der Waals surface area contributed by atoms with Gasteiger partial charge in [0.25, 0.3) is 0 Å². The van der Waals surface area contributed by atoms with E-state index in [1.807, 2.05) is 89.2 Å². The number of ketones is 1. The maximum absolute atomic E-state index is 15.4. The summed E-state index contributed by atoms with van der Waals surface area (Å²) in [6.07, 6.45) is 2.05. The van der Waals surface area contributed by atoms with Crippen molar-refractivity contribution >= 4 is 29.7 Å². The first kappa shape index (κ1) is 57.9. The van der Waals surface area contributed by atoms with Crippen LogP contribution in [0.3, 0.4) is 0 Å². The number of aliphatic carboxylic acids is 1. The second kappa shape index (κ2) is 21.4. The summed E-state index contributed by atoms with van der Waals surface area (Å²) in [6, 6.07) is 13.5. The average Bonchev–Trinajstić information content (AvgIpc) is 3.20. The van der Waals surface area contributed by atoms with Crippen molar-refractivity contribution in [2.24, 2.45) is 67.0 Å². The van der Waals surface area contributed by atoms with Crippen molar-refractivity contribution in [1.29, 1.82) is 0 Å². The maximum Gasteiger partial charge on any atom is 0.314 e. The summed E-state index contributed by atoms with van der Waals surface area (Å²) in [6.45, 7) is 38.8. The molecule has 372 valence electrons. The van der Waals surface area contributed by atoms with Gasteiger partial charge in [0.15, 0.2) is 5.78 Å². The molecule has 66 heavy (non-hydrogen) atoms. The molecule has 2 aromatic rings. The van der Waals surface area contributed by atoms with Gasteiger partial charge in [-0.2, -0.15) is 0 Å². The zero-order valence-electron chi connectivity index (χ0n) is 44.8. The number of carboxylic acid groups (broad SMARTS) is 1. The van der Waals surface area contributed by atoms with Crippen LogP contribution in [0.25, 0.3) is 0 Å². The molecular formula is C56H88O10. The number of ether oxygens (including phenoxy) is 4. The van der Waals surface area contributed by atoms with E-state index < -0.39 is 73.5 Å². The topological polar surface area (TPSA) is 142 Å². The highest BCUT2D eigenvalue weighted by molar-refractivity contribution is 6.11. The van der Waals surface area contributed by atoms with E-state index in [-0.39, 0.29) is 47.3 Å². The van der Waals surface area contributed by atoms with Gasteiger partial charge >= 0.3 is 23.9 Å². The van der Waals surface area contributed by atoms with Crippen LogP contribution in [0.4, 0.5) is 0 Å². The van der Waals surface area contributed by atoms with E-state index in [1.165, 1.54) is 14.2 Å². The minimum absolute atomic E-state index is 0.0423. The van der Waals surface area contributed by atoms with Crippen molar-refractivity contribution in [3.8, 4) is 11.5 Å². The molecule has 4 unspecified atom stereocenters. The number of carboxylic acids is 1. The van der Waals surface area contributed by atoms with Crippen molar-refractivity contribution in [2.75, 3.05) is 20.8 Å². The number of benzene rings is 2. The fraction of sp³-hybridized carbons (Fsp3) is 0.696. The number of methoxy groups -OCH3 is 2. The number of esters is 3. The van der Waals surface area contributed by atoms with E-state index in [9.17, 15) is 24.3 Å². The SMILES string of the molecule is CCCOC(=O)C(CC(C)(C)C)C(C)(C)C(C)(C)CC(C(=O)O)C(C)(C)C(C)(C)CC(C(=O)Oc1cc(OC)ccc1C(=O)c1ccccc1)C(C)(C)C(C)(C)CC(C(=O)OC)C(C)(C)C. The Bertz CT molecular complexity index is 1990. The number of carbonyl (C=O) groups is 5. The van der Waals surface area contributed by atoms with Crippen molar-refractivity contribution < 1.29 is 48.0 Å². The second-order valence-electron chi connectivity index (χ2n) is 24.8. The first-order valence-electron chi connectivity index (χ1n) is 23.8. The lowest BCUT2D eigenvalue weighted by Crippen LogP contribution is -2.52. The summed E-state index contributed by atoms with van der Waals surface area (Å²) in [7, 11) is 2.88. The molecule has 0 aliphatic carbocycles. The molecule has 0 radical (unpaired) electrons. The Hall–Kier alpha value is -4.21. The second-order valence-corrected chi connectivity index (χ2v) is 24.8. The van der Waals surface area contributed by atoms with E-state index in [0.717, 1.165) is 0 Å². The van der Waals surface area contributed by atoms with Gasteiger partial charge in [0.05, 0.1) is 50.1 Å². The Morgan fingerprint density at radius 2 is 1.02 bits per heavy atom. The van der Waals surface area contributed by atoms with Crippen molar-refractivity contribution in [3.63, 3.8) is 0 Å². The number of hydrogen-bond acceptors (Lipinski definition) is 9. The van der Waals surface area contributed by atoms with Gasteiger partial charge in [-0.25, -0.2) is 0 Å². The van der Waals surface area contributed by atoms with Gasteiger partial charge in [-0.3, -0.25) is 24.0 Å². The van der Waals surface area contributed by atoms with Gasteiger partial charge in [-0.05, 0) is 87.6 Å². The first-order chi connectivity index (χ1) is 29.9. The predicted octanol–water partition coefficient (Wildman–Crippen LogP) is 13.3. The molecule has 0 heterocycles. The van der Waals surface area contributed by atoms with Crippen LogP contribution in [0.15, 0.2) is 48.5 Å². The summed E-state index contributed by atoms with van der Waals surface area (Å²) in [5, 5.41) is 11.3. The summed E-state index contributed by atoms with van der Waals surface area (Å²) in [5.74, 6) is -4.90. The lowest BCUT2D eigenvalue weighted by atomic mass is 9.49. The van der Waals surface area contributed by atoms with Gasteiger partial charge in [0.1, 0.15) is 11.5 Å². The number of carbonyl (C=O) groups excluding carboxylic acids is 4.